The lowest BCUT2D eigenvalue weighted by Gasteiger charge is -2.05. The average molecular weight is 220 g/mol. The second-order valence-corrected chi connectivity index (χ2v) is 3.49. The molecule has 1 aromatic heterocycles. The van der Waals surface area contributed by atoms with Gasteiger partial charge in [0.2, 0.25) is 0 Å². The molecule has 0 aromatic carbocycles. The van der Waals surface area contributed by atoms with Gasteiger partial charge in [0.25, 0.3) is 0 Å². The highest BCUT2D eigenvalue weighted by molar-refractivity contribution is 5.75. The molecule has 0 amide bonds. The zero-order chi connectivity index (χ0) is 11.2. The molecule has 1 heterocycles. The topological polar surface area (TPSA) is 66.0 Å². The summed E-state index contributed by atoms with van der Waals surface area (Å²) in [5.41, 5.74) is -0.980. The van der Waals surface area contributed by atoms with Crippen LogP contribution in [-0.2, 0) is 11.0 Å². The average Bonchev–Trinajstić information content (AvgIpc) is 2.73. The van der Waals surface area contributed by atoms with Gasteiger partial charge in [-0.05, 0) is 6.42 Å². The smallest absolute Gasteiger partial charge is 0.433 e. The third kappa shape index (κ3) is 1.69. The SMILES string of the molecule is O=C(O)C1CC1c1cn[nH]c1C(F)(F)F. The number of carbonyl (C=O) groups is 1. The van der Waals surface area contributed by atoms with Crippen LogP contribution in [0.4, 0.5) is 13.2 Å². The number of nitrogens with zero attached hydrogens (tertiary/aromatic N) is 1. The molecule has 2 unspecified atom stereocenters. The number of alkyl halides is 3. The van der Waals surface area contributed by atoms with Crippen LogP contribution in [0, 0.1) is 5.92 Å². The number of hydrogen-bond acceptors (Lipinski definition) is 2. The Balaban J connectivity index is 2.25. The molecule has 0 aliphatic heterocycles. The molecular formula is C8H7F3N2O2. The first-order valence-electron chi connectivity index (χ1n) is 4.24. The normalized spacial score (nSPS) is 25.3. The van der Waals surface area contributed by atoms with E-state index in [1.807, 2.05) is 5.10 Å². The molecule has 2 rings (SSSR count). The van der Waals surface area contributed by atoms with Gasteiger partial charge in [-0.25, -0.2) is 0 Å². The van der Waals surface area contributed by atoms with E-state index in [-0.39, 0.29) is 12.0 Å². The molecule has 4 nitrogen and oxygen atoms in total. The lowest BCUT2D eigenvalue weighted by atomic mass is 10.1. The molecule has 82 valence electrons. The van der Waals surface area contributed by atoms with Crippen molar-refractivity contribution in [1.82, 2.24) is 10.2 Å². The monoisotopic (exact) mass is 220 g/mol. The molecule has 0 spiro atoms. The Hall–Kier alpha value is -1.53. The summed E-state index contributed by atoms with van der Waals surface area (Å²) in [7, 11) is 0. The quantitative estimate of drug-likeness (QED) is 0.795. The summed E-state index contributed by atoms with van der Waals surface area (Å²) in [4.78, 5) is 10.5. The van der Waals surface area contributed by atoms with Crippen molar-refractivity contribution in [3.8, 4) is 0 Å². The minimum absolute atomic E-state index is 0.0464. The highest BCUT2D eigenvalue weighted by Gasteiger charge is 2.49. The molecule has 15 heavy (non-hydrogen) atoms. The fraction of sp³-hybridized carbons (Fsp3) is 0.500. The van der Waals surface area contributed by atoms with Crippen LogP contribution in [0.1, 0.15) is 23.6 Å². The first-order valence-corrected chi connectivity index (χ1v) is 4.24. The minimum Gasteiger partial charge on any atom is -0.481 e. The predicted molar refractivity (Wildman–Crippen MR) is 42.1 cm³/mol. The van der Waals surface area contributed by atoms with E-state index in [1.54, 1.807) is 0 Å². The Morgan fingerprint density at radius 1 is 1.60 bits per heavy atom. The lowest BCUT2D eigenvalue weighted by Crippen LogP contribution is -2.09. The fourth-order valence-electron chi connectivity index (χ4n) is 1.62. The van der Waals surface area contributed by atoms with Gasteiger partial charge in [-0.1, -0.05) is 0 Å². The number of carboxylic acids is 1. The van der Waals surface area contributed by atoms with Gasteiger partial charge in [0, 0.05) is 11.5 Å². The molecule has 2 N–H and O–H groups in total. The Labute approximate surface area is 82.1 Å². The minimum atomic E-state index is -4.50. The number of halogens is 3. The number of nitrogens with one attached hydrogen (secondary N) is 1. The fourth-order valence-corrected chi connectivity index (χ4v) is 1.62. The van der Waals surface area contributed by atoms with E-state index < -0.39 is 29.7 Å². The van der Waals surface area contributed by atoms with Crippen LogP contribution < -0.4 is 0 Å². The van der Waals surface area contributed by atoms with E-state index in [1.165, 1.54) is 0 Å². The summed E-state index contributed by atoms with van der Waals surface area (Å²) in [5, 5.41) is 13.8. The van der Waals surface area contributed by atoms with Crippen LogP contribution in [0.2, 0.25) is 0 Å². The van der Waals surface area contributed by atoms with Crippen molar-refractivity contribution in [3.05, 3.63) is 17.5 Å². The molecule has 2 atom stereocenters. The van der Waals surface area contributed by atoms with Crippen molar-refractivity contribution >= 4 is 5.97 Å². The van der Waals surface area contributed by atoms with Crippen molar-refractivity contribution in [1.29, 1.82) is 0 Å². The van der Waals surface area contributed by atoms with Crippen molar-refractivity contribution in [2.75, 3.05) is 0 Å². The van der Waals surface area contributed by atoms with Crippen LogP contribution in [0.5, 0.6) is 0 Å². The Morgan fingerprint density at radius 2 is 2.27 bits per heavy atom. The maximum atomic E-state index is 12.4. The summed E-state index contributed by atoms with van der Waals surface area (Å²) in [5.74, 6) is -2.32. The van der Waals surface area contributed by atoms with Gasteiger partial charge < -0.3 is 5.11 Å². The van der Waals surface area contributed by atoms with Crippen LogP contribution in [0.25, 0.3) is 0 Å². The zero-order valence-electron chi connectivity index (χ0n) is 7.38. The van der Waals surface area contributed by atoms with Gasteiger partial charge in [-0.2, -0.15) is 18.3 Å². The van der Waals surface area contributed by atoms with Crippen molar-refractivity contribution < 1.29 is 23.1 Å². The summed E-state index contributed by atoms with van der Waals surface area (Å²) < 4.78 is 37.1. The first kappa shape index (κ1) is 10.0. The number of carboxylic acid groups (broad SMARTS) is 1. The molecular weight excluding hydrogens is 213 g/mol. The van der Waals surface area contributed by atoms with Crippen molar-refractivity contribution in [3.63, 3.8) is 0 Å². The molecule has 0 saturated heterocycles. The summed E-state index contributed by atoms with van der Waals surface area (Å²) >= 11 is 0. The molecule has 1 aliphatic carbocycles. The van der Waals surface area contributed by atoms with E-state index in [0.29, 0.717) is 0 Å². The van der Waals surface area contributed by atoms with Gasteiger partial charge in [0.05, 0.1) is 12.1 Å². The van der Waals surface area contributed by atoms with Crippen LogP contribution >= 0.6 is 0 Å². The van der Waals surface area contributed by atoms with Crippen LogP contribution in [0.3, 0.4) is 0 Å². The molecule has 1 fully saturated rings. The van der Waals surface area contributed by atoms with Gasteiger partial charge in [0.15, 0.2) is 0 Å². The molecule has 7 heteroatoms. The number of rotatable bonds is 2. The Kier molecular flexibility index (Phi) is 1.99. The molecule has 1 aromatic rings. The van der Waals surface area contributed by atoms with E-state index in [0.717, 1.165) is 6.20 Å². The summed E-state index contributed by atoms with van der Waals surface area (Å²) in [6.07, 6.45) is -3.20. The van der Waals surface area contributed by atoms with Gasteiger partial charge in [0.1, 0.15) is 5.69 Å². The number of aliphatic carboxylic acids is 1. The third-order valence-corrected chi connectivity index (χ3v) is 2.46. The van der Waals surface area contributed by atoms with Gasteiger partial charge in [-0.15, -0.1) is 0 Å². The zero-order valence-corrected chi connectivity index (χ0v) is 7.38. The summed E-state index contributed by atoms with van der Waals surface area (Å²) in [6.45, 7) is 0. The summed E-state index contributed by atoms with van der Waals surface area (Å²) in [6, 6.07) is 0. The van der Waals surface area contributed by atoms with E-state index in [9.17, 15) is 18.0 Å². The largest absolute Gasteiger partial charge is 0.481 e. The van der Waals surface area contributed by atoms with Crippen LogP contribution in [-0.4, -0.2) is 21.3 Å². The van der Waals surface area contributed by atoms with Crippen molar-refractivity contribution in [2.24, 2.45) is 5.92 Å². The van der Waals surface area contributed by atoms with E-state index >= 15 is 0 Å². The second-order valence-electron chi connectivity index (χ2n) is 3.49. The van der Waals surface area contributed by atoms with Gasteiger partial charge >= 0.3 is 12.1 Å². The maximum Gasteiger partial charge on any atom is 0.433 e. The van der Waals surface area contributed by atoms with Crippen LogP contribution in [0.15, 0.2) is 6.20 Å². The highest BCUT2D eigenvalue weighted by atomic mass is 19.4. The number of aromatic amines is 1. The number of hydrogen-bond donors (Lipinski definition) is 2. The third-order valence-electron chi connectivity index (χ3n) is 2.46. The van der Waals surface area contributed by atoms with E-state index in [2.05, 4.69) is 5.10 Å². The molecule has 1 aliphatic rings. The van der Waals surface area contributed by atoms with Crippen molar-refractivity contribution in [2.45, 2.75) is 18.5 Å². The number of aromatic nitrogens is 2. The van der Waals surface area contributed by atoms with Gasteiger partial charge in [-0.3, -0.25) is 9.89 Å². The number of H-pyrrole nitrogens is 1. The maximum absolute atomic E-state index is 12.4. The molecule has 1 saturated carbocycles. The first-order chi connectivity index (χ1) is 6.91. The van der Waals surface area contributed by atoms with E-state index in [4.69, 9.17) is 5.11 Å². The standard InChI is InChI=1S/C8H7F3N2O2/c9-8(10,11)6-5(2-12-13-6)3-1-4(3)7(14)15/h2-4H,1H2,(H,12,13)(H,14,15). The molecule has 0 radical (unpaired) electrons. The Bertz CT molecular complexity index is 399. The predicted octanol–water partition coefficient (Wildman–Crippen LogP) is 1.62. The second kappa shape index (κ2) is 2.98. The lowest BCUT2D eigenvalue weighted by molar-refractivity contribution is -0.142. The highest BCUT2D eigenvalue weighted by Crippen LogP contribution is 2.50. The Morgan fingerprint density at radius 3 is 2.73 bits per heavy atom. The molecule has 0 bridgehead atoms.